The largest absolute Gasteiger partial charge is 0.478 e. The Morgan fingerprint density at radius 2 is 1.50 bits per heavy atom. The number of nitrogens with one attached hydrogen (secondary N) is 2. The van der Waals surface area contributed by atoms with Gasteiger partial charge in [-0.15, -0.1) is 11.8 Å². The SMILES string of the molecule is CC(=O)NC(CC(=O)CSCc1ccccc1Cl)(C(=O)O)n1c(Cc2ccccc2)ccc(NC(=O)CCc2ccccc2)c1=O. The maximum atomic E-state index is 14.1. The van der Waals surface area contributed by atoms with E-state index in [0.717, 1.165) is 28.2 Å². The summed E-state index contributed by atoms with van der Waals surface area (Å²) in [5, 5.41) is 16.2. The van der Waals surface area contributed by atoms with Crippen molar-refractivity contribution in [3.8, 4) is 0 Å². The highest BCUT2D eigenvalue weighted by atomic mass is 35.5. The van der Waals surface area contributed by atoms with E-state index in [9.17, 15) is 29.1 Å². The minimum absolute atomic E-state index is 0.0755. The fourth-order valence-corrected chi connectivity index (χ4v) is 6.26. The summed E-state index contributed by atoms with van der Waals surface area (Å²) >= 11 is 7.47. The van der Waals surface area contributed by atoms with Crippen LogP contribution in [0.1, 0.15) is 42.1 Å². The number of Topliss-reactive ketones (excluding diaryl/α,β-unsaturated/α-hetero) is 1. The van der Waals surface area contributed by atoms with Crippen molar-refractivity contribution in [2.24, 2.45) is 0 Å². The molecule has 1 heterocycles. The van der Waals surface area contributed by atoms with Gasteiger partial charge in [0.15, 0.2) is 0 Å². The Hall–Kier alpha value is -4.67. The van der Waals surface area contributed by atoms with Gasteiger partial charge in [-0.25, -0.2) is 4.79 Å². The average Bonchev–Trinajstić information content (AvgIpc) is 3.03. The number of amides is 2. The number of nitrogens with zero attached hydrogens (tertiary/aromatic N) is 1. The minimum Gasteiger partial charge on any atom is -0.478 e. The van der Waals surface area contributed by atoms with Crippen molar-refractivity contribution in [1.29, 1.82) is 0 Å². The predicted octanol–water partition coefficient (Wildman–Crippen LogP) is 5.43. The van der Waals surface area contributed by atoms with Gasteiger partial charge < -0.3 is 15.7 Å². The van der Waals surface area contributed by atoms with Gasteiger partial charge in [0.05, 0.1) is 12.2 Å². The zero-order valence-electron chi connectivity index (χ0n) is 25.2. The summed E-state index contributed by atoms with van der Waals surface area (Å²) in [4.78, 5) is 66.1. The maximum Gasteiger partial charge on any atom is 0.351 e. The first-order valence-corrected chi connectivity index (χ1v) is 16.1. The molecular weight excluding hydrogens is 626 g/mol. The number of carboxylic acids is 1. The van der Waals surface area contributed by atoms with E-state index >= 15 is 0 Å². The molecule has 4 rings (SSSR count). The van der Waals surface area contributed by atoms with E-state index in [1.165, 1.54) is 23.9 Å². The van der Waals surface area contributed by atoms with Gasteiger partial charge in [-0.3, -0.25) is 23.7 Å². The molecular formula is C35H34ClN3O6S. The maximum absolute atomic E-state index is 14.1. The molecule has 238 valence electrons. The Morgan fingerprint density at radius 1 is 0.870 bits per heavy atom. The van der Waals surface area contributed by atoms with Gasteiger partial charge in [-0.05, 0) is 41.3 Å². The molecule has 2 amide bonds. The summed E-state index contributed by atoms with van der Waals surface area (Å²) in [6, 6.07) is 28.5. The number of ketones is 1. The topological polar surface area (TPSA) is 135 Å². The smallest absolute Gasteiger partial charge is 0.351 e. The molecule has 1 aromatic heterocycles. The van der Waals surface area contributed by atoms with Crippen LogP contribution in [0, 0.1) is 0 Å². The molecule has 9 nitrogen and oxygen atoms in total. The van der Waals surface area contributed by atoms with Crippen LogP contribution in [0.4, 0.5) is 5.69 Å². The minimum atomic E-state index is -2.47. The zero-order chi connectivity index (χ0) is 33.1. The van der Waals surface area contributed by atoms with Crippen LogP contribution in [-0.4, -0.2) is 39.0 Å². The van der Waals surface area contributed by atoms with Crippen molar-refractivity contribution in [2.45, 2.75) is 44.0 Å². The fraction of sp³-hybridized carbons (Fsp3) is 0.229. The summed E-state index contributed by atoms with van der Waals surface area (Å²) in [7, 11) is 0. The van der Waals surface area contributed by atoms with Gasteiger partial charge in [0.2, 0.25) is 17.5 Å². The van der Waals surface area contributed by atoms with Gasteiger partial charge in [0.25, 0.3) is 5.56 Å². The van der Waals surface area contributed by atoms with E-state index in [-0.39, 0.29) is 30.0 Å². The molecule has 0 fully saturated rings. The number of pyridine rings is 1. The number of carboxylic acid groups (broad SMARTS) is 1. The highest BCUT2D eigenvalue weighted by Gasteiger charge is 2.46. The molecule has 3 aromatic carbocycles. The highest BCUT2D eigenvalue weighted by molar-refractivity contribution is 7.99. The number of aryl methyl sites for hydroxylation is 1. The number of thioether (sulfide) groups is 1. The lowest BCUT2D eigenvalue weighted by Gasteiger charge is -2.34. The molecule has 4 aromatic rings. The van der Waals surface area contributed by atoms with E-state index < -0.39 is 41.2 Å². The number of benzene rings is 3. The lowest BCUT2D eigenvalue weighted by atomic mass is 9.99. The van der Waals surface area contributed by atoms with Crippen LogP contribution in [0.2, 0.25) is 5.02 Å². The van der Waals surface area contributed by atoms with Gasteiger partial charge in [-0.1, -0.05) is 90.5 Å². The number of carbonyl (C=O) groups is 4. The Balaban J connectivity index is 1.70. The normalized spacial score (nSPS) is 12.1. The number of anilines is 1. The van der Waals surface area contributed by atoms with Crippen LogP contribution in [0.25, 0.3) is 0 Å². The van der Waals surface area contributed by atoms with Crippen LogP contribution in [0.5, 0.6) is 0 Å². The average molecular weight is 660 g/mol. The van der Waals surface area contributed by atoms with Crippen LogP contribution in [-0.2, 0) is 43.4 Å². The first-order chi connectivity index (χ1) is 22.1. The third kappa shape index (κ3) is 8.95. The number of hydrogen-bond donors (Lipinski definition) is 3. The first kappa shape index (κ1) is 34.2. The molecule has 0 aliphatic heterocycles. The third-order valence-corrected chi connectivity index (χ3v) is 8.61. The van der Waals surface area contributed by atoms with Crippen molar-refractivity contribution in [1.82, 2.24) is 9.88 Å². The number of aromatic nitrogens is 1. The van der Waals surface area contributed by atoms with E-state index in [0.29, 0.717) is 17.2 Å². The molecule has 0 aliphatic rings. The number of hydrogen-bond acceptors (Lipinski definition) is 6. The second-order valence-corrected chi connectivity index (χ2v) is 12.1. The molecule has 11 heteroatoms. The van der Waals surface area contributed by atoms with E-state index in [1.54, 1.807) is 24.3 Å². The van der Waals surface area contributed by atoms with Crippen molar-refractivity contribution >= 4 is 52.6 Å². The molecule has 0 radical (unpaired) electrons. The Morgan fingerprint density at radius 3 is 2.13 bits per heavy atom. The summed E-state index contributed by atoms with van der Waals surface area (Å²) in [5.74, 6) is -3.02. The van der Waals surface area contributed by atoms with Gasteiger partial charge in [-0.2, -0.15) is 0 Å². The molecule has 46 heavy (non-hydrogen) atoms. The molecule has 1 atom stereocenters. The number of halogens is 1. The van der Waals surface area contributed by atoms with Crippen molar-refractivity contribution in [3.63, 3.8) is 0 Å². The lowest BCUT2D eigenvalue weighted by Crippen LogP contribution is -2.61. The van der Waals surface area contributed by atoms with E-state index in [4.69, 9.17) is 11.6 Å². The summed E-state index contributed by atoms with van der Waals surface area (Å²) < 4.78 is 0.924. The van der Waals surface area contributed by atoms with E-state index in [1.807, 2.05) is 60.7 Å². The third-order valence-electron chi connectivity index (χ3n) is 7.20. The Kier molecular flexibility index (Phi) is 11.9. The first-order valence-electron chi connectivity index (χ1n) is 14.6. The molecule has 0 spiro atoms. The molecule has 0 aliphatic carbocycles. The molecule has 0 saturated heterocycles. The predicted molar refractivity (Wildman–Crippen MR) is 180 cm³/mol. The van der Waals surface area contributed by atoms with Crippen LogP contribution < -0.4 is 16.2 Å². The summed E-state index contributed by atoms with van der Waals surface area (Å²) in [5.41, 5.74) is -0.772. The molecule has 0 bridgehead atoms. The Labute approximate surface area is 276 Å². The van der Waals surface area contributed by atoms with Crippen LogP contribution in [0.3, 0.4) is 0 Å². The Bertz CT molecular complexity index is 1760. The highest BCUT2D eigenvalue weighted by Crippen LogP contribution is 2.26. The molecule has 1 unspecified atom stereocenters. The quantitative estimate of drug-likeness (QED) is 0.155. The number of carbonyl (C=O) groups excluding carboxylic acids is 3. The van der Waals surface area contributed by atoms with Crippen molar-refractivity contribution in [2.75, 3.05) is 11.1 Å². The van der Waals surface area contributed by atoms with Gasteiger partial charge in [0.1, 0.15) is 11.5 Å². The number of rotatable bonds is 15. The monoisotopic (exact) mass is 659 g/mol. The van der Waals surface area contributed by atoms with Gasteiger partial charge >= 0.3 is 5.97 Å². The van der Waals surface area contributed by atoms with Crippen LogP contribution >= 0.6 is 23.4 Å². The second kappa shape index (κ2) is 16.1. The zero-order valence-corrected chi connectivity index (χ0v) is 26.8. The van der Waals surface area contributed by atoms with Gasteiger partial charge in [0, 0.05) is 36.2 Å². The summed E-state index contributed by atoms with van der Waals surface area (Å²) in [6.07, 6.45) is -0.0999. The van der Waals surface area contributed by atoms with Crippen molar-refractivity contribution < 1.29 is 24.3 Å². The lowest BCUT2D eigenvalue weighted by molar-refractivity contribution is -0.155. The van der Waals surface area contributed by atoms with Crippen molar-refractivity contribution in [3.05, 3.63) is 135 Å². The second-order valence-electron chi connectivity index (χ2n) is 10.7. The molecule has 0 saturated carbocycles. The number of aliphatic carboxylic acids is 1. The van der Waals surface area contributed by atoms with E-state index in [2.05, 4.69) is 10.6 Å². The van der Waals surface area contributed by atoms with Crippen LogP contribution in [0.15, 0.2) is 102 Å². The molecule has 3 N–H and O–H groups in total. The standard InChI is InChI=1S/C35H34ClN3O6S/c1-24(40)38-35(34(44)45,21-29(41)23-46-22-27-14-8-9-15-30(27)36)39-28(20-26-12-6-3-7-13-26)17-18-31(33(39)43)37-32(42)19-16-25-10-4-2-5-11-25/h2-15,17-18H,16,19-23H2,1H3,(H,37,42)(H,38,40)(H,44,45). The fourth-order valence-electron chi connectivity index (χ4n) is 5.07. The summed E-state index contributed by atoms with van der Waals surface area (Å²) in [6.45, 7) is 1.12.